The van der Waals surface area contributed by atoms with Gasteiger partial charge >= 0.3 is 0 Å². The molecule has 92 valence electrons. The van der Waals surface area contributed by atoms with E-state index in [0.717, 1.165) is 9.26 Å². The highest BCUT2D eigenvalue weighted by Crippen LogP contribution is 2.19. The van der Waals surface area contributed by atoms with Crippen molar-refractivity contribution in [1.29, 1.82) is 0 Å². The number of halogens is 1. The molecule has 0 heterocycles. The number of hydrogen-bond donors (Lipinski definition) is 2. The van der Waals surface area contributed by atoms with Crippen LogP contribution in [0, 0.1) is 10.5 Å². The molecule has 18 heavy (non-hydrogen) atoms. The minimum atomic E-state index is -0.139. The number of rotatable bonds is 2. The second-order valence-corrected chi connectivity index (χ2v) is 5.58. The largest absolute Gasteiger partial charge is 0.322 e. The first-order valence-corrected chi connectivity index (χ1v) is 6.96. The van der Waals surface area contributed by atoms with Gasteiger partial charge in [-0.25, -0.2) is 0 Å². The van der Waals surface area contributed by atoms with Crippen molar-refractivity contribution in [1.82, 2.24) is 0 Å². The molecule has 2 aromatic rings. The predicted octanol–water partition coefficient (Wildman–Crippen LogP) is 4.14. The molecule has 0 atom stereocenters. The van der Waals surface area contributed by atoms with Gasteiger partial charge in [0.1, 0.15) is 0 Å². The van der Waals surface area contributed by atoms with Gasteiger partial charge in [-0.3, -0.25) is 4.79 Å². The van der Waals surface area contributed by atoms with Gasteiger partial charge in [0.2, 0.25) is 0 Å². The molecule has 0 aliphatic carbocycles. The van der Waals surface area contributed by atoms with E-state index >= 15 is 0 Å². The Hall–Kier alpha value is -1.01. The molecule has 0 bridgehead atoms. The number of carbonyl (C=O) groups excluding carboxylic acids is 1. The van der Waals surface area contributed by atoms with Gasteiger partial charge in [0.05, 0.1) is 5.56 Å². The molecule has 1 amide bonds. The van der Waals surface area contributed by atoms with Crippen molar-refractivity contribution in [2.75, 3.05) is 5.32 Å². The molecule has 0 spiro atoms. The summed E-state index contributed by atoms with van der Waals surface area (Å²) in [5.41, 5.74) is 2.58. The fourth-order valence-electron chi connectivity index (χ4n) is 1.53. The third kappa shape index (κ3) is 3.05. The van der Waals surface area contributed by atoms with Crippen LogP contribution in [0.4, 0.5) is 5.69 Å². The van der Waals surface area contributed by atoms with Crippen molar-refractivity contribution >= 4 is 46.8 Å². The summed E-state index contributed by atoms with van der Waals surface area (Å²) in [6.07, 6.45) is 0. The standard InChI is InChI=1S/C14H12INOS/c1-9-6-7-10(8-12(9)15)16-14(17)11-4-2-3-5-13(11)18/h2-8,18H,1H3,(H,16,17). The van der Waals surface area contributed by atoms with E-state index in [2.05, 4.69) is 40.5 Å². The van der Waals surface area contributed by atoms with Crippen molar-refractivity contribution in [3.05, 3.63) is 57.2 Å². The molecule has 0 fully saturated rings. The Morgan fingerprint density at radius 1 is 1.22 bits per heavy atom. The average Bonchev–Trinajstić information content (AvgIpc) is 2.34. The maximum Gasteiger partial charge on any atom is 0.256 e. The summed E-state index contributed by atoms with van der Waals surface area (Å²) in [6.45, 7) is 2.04. The molecule has 0 aliphatic rings. The van der Waals surface area contributed by atoms with E-state index in [1.807, 2.05) is 37.3 Å². The van der Waals surface area contributed by atoms with E-state index < -0.39 is 0 Å². The Morgan fingerprint density at radius 2 is 1.94 bits per heavy atom. The lowest BCUT2D eigenvalue weighted by Gasteiger charge is -2.08. The number of thiol groups is 1. The molecule has 2 nitrogen and oxygen atoms in total. The summed E-state index contributed by atoms with van der Waals surface area (Å²) in [4.78, 5) is 12.7. The molecule has 0 saturated heterocycles. The summed E-state index contributed by atoms with van der Waals surface area (Å²) >= 11 is 6.53. The van der Waals surface area contributed by atoms with Crippen LogP contribution in [-0.2, 0) is 0 Å². The summed E-state index contributed by atoms with van der Waals surface area (Å²) in [5, 5.41) is 2.87. The topological polar surface area (TPSA) is 29.1 Å². The highest BCUT2D eigenvalue weighted by Gasteiger charge is 2.09. The SMILES string of the molecule is Cc1ccc(NC(=O)c2ccccc2S)cc1I. The first-order valence-electron chi connectivity index (χ1n) is 5.43. The zero-order valence-corrected chi connectivity index (χ0v) is 12.8. The summed E-state index contributed by atoms with van der Waals surface area (Å²) in [6, 6.07) is 13.1. The highest BCUT2D eigenvalue weighted by atomic mass is 127. The van der Waals surface area contributed by atoms with Crippen LogP contribution in [-0.4, -0.2) is 5.91 Å². The lowest BCUT2D eigenvalue weighted by Crippen LogP contribution is -2.12. The summed E-state index contributed by atoms with van der Waals surface area (Å²) in [7, 11) is 0. The summed E-state index contributed by atoms with van der Waals surface area (Å²) < 4.78 is 1.13. The Labute approximate surface area is 125 Å². The van der Waals surface area contributed by atoms with Crippen LogP contribution in [0.3, 0.4) is 0 Å². The number of carbonyl (C=O) groups is 1. The highest BCUT2D eigenvalue weighted by molar-refractivity contribution is 14.1. The normalized spacial score (nSPS) is 10.2. The van der Waals surface area contributed by atoms with E-state index in [1.54, 1.807) is 12.1 Å². The van der Waals surface area contributed by atoms with E-state index in [-0.39, 0.29) is 5.91 Å². The Kier molecular flexibility index (Phi) is 4.29. The number of nitrogens with one attached hydrogen (secondary N) is 1. The van der Waals surface area contributed by atoms with Crippen LogP contribution in [0.5, 0.6) is 0 Å². The molecule has 0 aliphatic heterocycles. The second-order valence-electron chi connectivity index (χ2n) is 3.94. The molecule has 4 heteroatoms. The van der Waals surface area contributed by atoms with Gasteiger partial charge in [-0.05, 0) is 59.3 Å². The molecule has 0 aromatic heterocycles. The van der Waals surface area contributed by atoms with Crippen LogP contribution in [0.2, 0.25) is 0 Å². The molecular weight excluding hydrogens is 357 g/mol. The van der Waals surface area contributed by atoms with Gasteiger partial charge in [-0.2, -0.15) is 0 Å². The van der Waals surface area contributed by atoms with Gasteiger partial charge in [0.25, 0.3) is 5.91 Å². The number of benzene rings is 2. The first-order chi connectivity index (χ1) is 8.58. The minimum Gasteiger partial charge on any atom is -0.322 e. The van der Waals surface area contributed by atoms with Crippen LogP contribution >= 0.6 is 35.2 Å². The maximum absolute atomic E-state index is 12.1. The quantitative estimate of drug-likeness (QED) is 0.605. The number of amides is 1. The van der Waals surface area contributed by atoms with Gasteiger partial charge < -0.3 is 5.32 Å². The van der Waals surface area contributed by atoms with Crippen molar-refractivity contribution < 1.29 is 4.79 Å². The average molecular weight is 369 g/mol. The summed E-state index contributed by atoms with van der Waals surface area (Å²) in [5.74, 6) is -0.139. The lowest BCUT2D eigenvalue weighted by molar-refractivity contribution is 0.102. The van der Waals surface area contributed by atoms with Gasteiger partial charge in [-0.15, -0.1) is 12.6 Å². The molecule has 0 saturated carbocycles. The van der Waals surface area contributed by atoms with Crippen LogP contribution in [0.1, 0.15) is 15.9 Å². The lowest BCUT2D eigenvalue weighted by atomic mass is 10.2. The second kappa shape index (κ2) is 5.75. The van der Waals surface area contributed by atoms with E-state index in [0.29, 0.717) is 10.5 Å². The predicted molar refractivity (Wildman–Crippen MR) is 85.5 cm³/mol. The minimum absolute atomic E-state index is 0.139. The molecule has 0 radical (unpaired) electrons. The van der Waals surface area contributed by atoms with E-state index in [1.165, 1.54) is 5.56 Å². The van der Waals surface area contributed by atoms with Crippen molar-refractivity contribution in [3.8, 4) is 0 Å². The van der Waals surface area contributed by atoms with Gasteiger partial charge in [0, 0.05) is 14.2 Å². The van der Waals surface area contributed by atoms with E-state index in [4.69, 9.17) is 0 Å². The van der Waals surface area contributed by atoms with Crippen LogP contribution in [0.25, 0.3) is 0 Å². The Morgan fingerprint density at radius 3 is 2.61 bits per heavy atom. The number of anilines is 1. The van der Waals surface area contributed by atoms with Gasteiger partial charge in [0.15, 0.2) is 0 Å². The van der Waals surface area contributed by atoms with Crippen molar-refractivity contribution in [3.63, 3.8) is 0 Å². The first kappa shape index (κ1) is 13.4. The number of hydrogen-bond acceptors (Lipinski definition) is 2. The monoisotopic (exact) mass is 369 g/mol. The molecule has 2 rings (SSSR count). The van der Waals surface area contributed by atoms with Crippen molar-refractivity contribution in [2.24, 2.45) is 0 Å². The Balaban J connectivity index is 2.22. The van der Waals surface area contributed by atoms with Crippen LogP contribution < -0.4 is 5.32 Å². The fraction of sp³-hybridized carbons (Fsp3) is 0.0714. The zero-order valence-electron chi connectivity index (χ0n) is 9.77. The Bertz CT molecular complexity index is 598. The third-order valence-corrected chi connectivity index (χ3v) is 4.13. The number of aryl methyl sites for hydroxylation is 1. The maximum atomic E-state index is 12.1. The van der Waals surface area contributed by atoms with Crippen molar-refractivity contribution in [2.45, 2.75) is 11.8 Å². The molecule has 2 aromatic carbocycles. The molecule has 0 unspecified atom stereocenters. The fourth-order valence-corrected chi connectivity index (χ4v) is 2.31. The van der Waals surface area contributed by atoms with Gasteiger partial charge in [-0.1, -0.05) is 18.2 Å². The molecule has 1 N–H and O–H groups in total. The zero-order chi connectivity index (χ0) is 13.1. The van der Waals surface area contributed by atoms with Crippen LogP contribution in [0.15, 0.2) is 47.4 Å². The third-order valence-electron chi connectivity index (χ3n) is 2.58. The smallest absolute Gasteiger partial charge is 0.256 e. The molecular formula is C14H12INOS. The van der Waals surface area contributed by atoms with E-state index in [9.17, 15) is 4.79 Å².